The van der Waals surface area contributed by atoms with Crippen molar-refractivity contribution >= 4 is 33.4 Å². The van der Waals surface area contributed by atoms with Gasteiger partial charge >= 0.3 is 5.69 Å². The lowest BCUT2D eigenvalue weighted by Gasteiger charge is -2.33. The van der Waals surface area contributed by atoms with Crippen molar-refractivity contribution in [1.29, 1.82) is 0 Å². The quantitative estimate of drug-likeness (QED) is 0.648. The molecule has 1 N–H and O–H groups in total. The fourth-order valence-electron chi connectivity index (χ4n) is 5.40. The van der Waals surface area contributed by atoms with Crippen LogP contribution in [0.15, 0.2) is 21.0 Å². The number of rotatable bonds is 7. The normalized spacial score (nSPS) is 23.2. The van der Waals surface area contributed by atoms with Crippen LogP contribution in [0.4, 0.5) is 0 Å². The second-order valence-electron chi connectivity index (χ2n) is 9.86. The number of aromatic nitrogens is 2. The van der Waals surface area contributed by atoms with Gasteiger partial charge in [0.1, 0.15) is 11.2 Å². The van der Waals surface area contributed by atoms with Crippen LogP contribution in [-0.2, 0) is 22.7 Å². The van der Waals surface area contributed by atoms with E-state index >= 15 is 0 Å². The highest BCUT2D eigenvalue weighted by atomic mass is 32.1. The number of carbonyl (C=O) groups is 2. The number of thiophene rings is 1. The van der Waals surface area contributed by atoms with Gasteiger partial charge in [0.05, 0.1) is 5.52 Å². The monoisotopic (exact) mass is 488 g/mol. The maximum absolute atomic E-state index is 13.5. The van der Waals surface area contributed by atoms with E-state index in [4.69, 9.17) is 0 Å². The molecule has 1 unspecified atom stereocenters. The maximum Gasteiger partial charge on any atom is 0.332 e. The number of hydrogen-bond donors (Lipinski definition) is 1. The summed E-state index contributed by atoms with van der Waals surface area (Å²) in [6.45, 7) is 5.80. The number of fused-ring (bicyclic) bond motifs is 1. The number of carbonyl (C=O) groups excluding carboxylic acids is 2. The standard InChI is InChI=1S/C25H36N4O4S/c1-3-12-26-23(31)19-9-7-18(8-10-19)15-29-24(32)22-20(11-14-34-22)28(25(29)33)16-21(30)27-13-5-4-6-17(27)2/h11,14,17-19H,3-10,12-13,15-16H2,1-2H3,(H,26,31). The lowest BCUT2D eigenvalue weighted by Crippen LogP contribution is -2.47. The molecule has 1 aliphatic carbocycles. The lowest BCUT2D eigenvalue weighted by atomic mass is 9.81. The third kappa shape index (κ3) is 5.14. The van der Waals surface area contributed by atoms with Gasteiger partial charge in [-0.2, -0.15) is 0 Å². The first kappa shape index (κ1) is 24.7. The van der Waals surface area contributed by atoms with Gasteiger partial charge in [-0.3, -0.25) is 23.5 Å². The van der Waals surface area contributed by atoms with Gasteiger partial charge in [-0.25, -0.2) is 4.79 Å². The molecule has 3 heterocycles. The van der Waals surface area contributed by atoms with Gasteiger partial charge in [-0.1, -0.05) is 6.92 Å². The smallest absolute Gasteiger partial charge is 0.332 e. The molecule has 0 radical (unpaired) electrons. The topological polar surface area (TPSA) is 93.4 Å². The zero-order valence-electron chi connectivity index (χ0n) is 20.3. The van der Waals surface area contributed by atoms with Crippen molar-refractivity contribution in [3.63, 3.8) is 0 Å². The van der Waals surface area contributed by atoms with Gasteiger partial charge in [-0.15, -0.1) is 11.3 Å². The molecule has 0 aromatic carbocycles. The zero-order valence-corrected chi connectivity index (χ0v) is 21.1. The second kappa shape index (κ2) is 10.9. The van der Waals surface area contributed by atoms with E-state index in [1.165, 1.54) is 20.5 Å². The van der Waals surface area contributed by atoms with Crippen molar-refractivity contribution < 1.29 is 9.59 Å². The first-order valence-electron chi connectivity index (χ1n) is 12.7. The molecule has 2 aromatic rings. The maximum atomic E-state index is 13.5. The Hall–Kier alpha value is -2.42. The largest absolute Gasteiger partial charge is 0.356 e. The summed E-state index contributed by atoms with van der Waals surface area (Å²) in [5, 5.41) is 4.78. The van der Waals surface area contributed by atoms with E-state index in [1.54, 1.807) is 11.4 Å². The van der Waals surface area contributed by atoms with Gasteiger partial charge in [0.15, 0.2) is 0 Å². The van der Waals surface area contributed by atoms with Gasteiger partial charge in [0.25, 0.3) is 5.56 Å². The molecule has 186 valence electrons. The summed E-state index contributed by atoms with van der Waals surface area (Å²) in [5.74, 6) is 0.236. The SMILES string of the molecule is CCCNC(=O)C1CCC(Cn2c(=O)c3sccc3n(CC(=O)N3CCCCC3C)c2=O)CC1. The average Bonchev–Trinajstić information content (AvgIpc) is 3.33. The van der Waals surface area contributed by atoms with Gasteiger partial charge in [0, 0.05) is 31.6 Å². The molecule has 0 spiro atoms. The van der Waals surface area contributed by atoms with Crippen LogP contribution in [0.1, 0.15) is 65.2 Å². The molecule has 0 bridgehead atoms. The summed E-state index contributed by atoms with van der Waals surface area (Å²) in [7, 11) is 0. The van der Waals surface area contributed by atoms with Crippen LogP contribution in [-0.4, -0.2) is 45.0 Å². The van der Waals surface area contributed by atoms with Crippen LogP contribution in [0.25, 0.3) is 10.2 Å². The van der Waals surface area contributed by atoms with E-state index in [0.29, 0.717) is 23.3 Å². The fraction of sp³-hybridized carbons (Fsp3) is 0.680. The number of piperidine rings is 1. The van der Waals surface area contributed by atoms with E-state index in [2.05, 4.69) is 12.2 Å². The second-order valence-corrected chi connectivity index (χ2v) is 10.8. The summed E-state index contributed by atoms with van der Waals surface area (Å²) in [6, 6.07) is 1.94. The lowest BCUT2D eigenvalue weighted by molar-refractivity contribution is -0.135. The summed E-state index contributed by atoms with van der Waals surface area (Å²) in [5.41, 5.74) is -0.129. The predicted octanol–water partition coefficient (Wildman–Crippen LogP) is 2.96. The van der Waals surface area contributed by atoms with Crippen LogP contribution in [0.2, 0.25) is 0 Å². The third-order valence-corrected chi connectivity index (χ3v) is 8.35. The highest BCUT2D eigenvalue weighted by Crippen LogP contribution is 2.30. The molecule has 1 atom stereocenters. The Kier molecular flexibility index (Phi) is 7.91. The average molecular weight is 489 g/mol. The summed E-state index contributed by atoms with van der Waals surface area (Å²) < 4.78 is 3.33. The number of likely N-dealkylation sites (tertiary alicyclic amines) is 1. The van der Waals surface area contributed by atoms with Crippen molar-refractivity contribution in [3.8, 4) is 0 Å². The Bertz CT molecular complexity index is 1140. The first-order valence-corrected chi connectivity index (χ1v) is 13.6. The van der Waals surface area contributed by atoms with E-state index in [-0.39, 0.29) is 41.8 Å². The van der Waals surface area contributed by atoms with Crippen LogP contribution in [0, 0.1) is 11.8 Å². The summed E-state index contributed by atoms with van der Waals surface area (Å²) >= 11 is 1.32. The molecule has 1 aliphatic heterocycles. The highest BCUT2D eigenvalue weighted by molar-refractivity contribution is 7.17. The molecule has 1 saturated heterocycles. The highest BCUT2D eigenvalue weighted by Gasteiger charge is 2.28. The molecule has 2 aromatic heterocycles. The number of amides is 2. The Labute approximate surface area is 203 Å². The van der Waals surface area contributed by atoms with Crippen molar-refractivity contribution in [2.45, 2.75) is 84.3 Å². The molecule has 2 aliphatic rings. The zero-order chi connectivity index (χ0) is 24.2. The Morgan fingerprint density at radius 2 is 1.85 bits per heavy atom. The van der Waals surface area contributed by atoms with Crippen molar-refractivity contribution in [1.82, 2.24) is 19.4 Å². The first-order chi connectivity index (χ1) is 16.4. The van der Waals surface area contributed by atoms with Crippen molar-refractivity contribution in [2.24, 2.45) is 11.8 Å². The van der Waals surface area contributed by atoms with E-state index < -0.39 is 5.69 Å². The van der Waals surface area contributed by atoms with E-state index in [9.17, 15) is 19.2 Å². The van der Waals surface area contributed by atoms with Crippen LogP contribution >= 0.6 is 11.3 Å². The van der Waals surface area contributed by atoms with Gasteiger partial charge < -0.3 is 10.2 Å². The van der Waals surface area contributed by atoms with Crippen molar-refractivity contribution in [2.75, 3.05) is 13.1 Å². The number of hydrogen-bond acceptors (Lipinski definition) is 5. The van der Waals surface area contributed by atoms with Crippen LogP contribution < -0.4 is 16.6 Å². The molecule has 2 fully saturated rings. The van der Waals surface area contributed by atoms with E-state index in [1.807, 2.05) is 11.8 Å². The third-order valence-electron chi connectivity index (χ3n) is 7.46. The molecule has 1 saturated carbocycles. The minimum absolute atomic E-state index is 0.0140. The molecule has 9 heteroatoms. The number of nitrogens with zero attached hydrogens (tertiary/aromatic N) is 3. The minimum Gasteiger partial charge on any atom is -0.356 e. The molecular formula is C25H36N4O4S. The Morgan fingerprint density at radius 3 is 2.56 bits per heavy atom. The Balaban J connectivity index is 1.53. The van der Waals surface area contributed by atoms with Gasteiger partial charge in [0.2, 0.25) is 11.8 Å². The Morgan fingerprint density at radius 1 is 1.09 bits per heavy atom. The molecule has 2 amide bonds. The van der Waals surface area contributed by atoms with Crippen molar-refractivity contribution in [3.05, 3.63) is 32.3 Å². The van der Waals surface area contributed by atoms with Crippen LogP contribution in [0.5, 0.6) is 0 Å². The fourth-order valence-corrected chi connectivity index (χ4v) is 6.24. The molecule has 4 rings (SSSR count). The molecule has 8 nitrogen and oxygen atoms in total. The summed E-state index contributed by atoms with van der Waals surface area (Å²) in [6.07, 6.45) is 7.16. The molecule has 34 heavy (non-hydrogen) atoms. The minimum atomic E-state index is -0.406. The predicted molar refractivity (Wildman–Crippen MR) is 134 cm³/mol. The van der Waals surface area contributed by atoms with E-state index in [0.717, 1.165) is 57.9 Å². The van der Waals surface area contributed by atoms with Gasteiger partial charge in [-0.05, 0) is 75.7 Å². The summed E-state index contributed by atoms with van der Waals surface area (Å²) in [4.78, 5) is 53.9. The van der Waals surface area contributed by atoms with Crippen LogP contribution in [0.3, 0.4) is 0 Å². The molecular weight excluding hydrogens is 452 g/mol. The number of nitrogens with one attached hydrogen (secondary N) is 1.